The van der Waals surface area contributed by atoms with Crippen molar-refractivity contribution in [2.45, 2.75) is 17.6 Å². The van der Waals surface area contributed by atoms with Gasteiger partial charge in [-0.05, 0) is 6.92 Å². The third-order valence-electron chi connectivity index (χ3n) is 2.35. The third kappa shape index (κ3) is 2.45. The molecule has 0 aliphatic rings. The number of aryl methyl sites for hydroxylation is 1. The van der Waals surface area contributed by atoms with Crippen LogP contribution in [0.5, 0.6) is 0 Å². The van der Waals surface area contributed by atoms with Gasteiger partial charge in [0, 0.05) is 0 Å². The second-order valence-corrected chi connectivity index (χ2v) is 4.61. The smallest absolute Gasteiger partial charge is 0.396 e. The van der Waals surface area contributed by atoms with Crippen molar-refractivity contribution >= 4 is 11.8 Å². The first-order chi connectivity index (χ1) is 9.32. The van der Waals surface area contributed by atoms with E-state index < -0.39 is 39.8 Å². The van der Waals surface area contributed by atoms with E-state index in [1.54, 1.807) is 0 Å². The number of hydrogen-bond donors (Lipinski definition) is 0. The number of benzene rings is 1. The summed E-state index contributed by atoms with van der Waals surface area (Å²) in [7, 11) is 0. The summed E-state index contributed by atoms with van der Waals surface area (Å²) in [5, 5.41) is 0. The van der Waals surface area contributed by atoms with Crippen molar-refractivity contribution in [2.75, 3.05) is 0 Å². The predicted octanol–water partition coefficient (Wildman–Crippen LogP) is 3.53. The molecule has 2 aromatic rings. The molecule has 1 heterocycles. The Labute approximate surface area is 112 Å². The maximum absolute atomic E-state index is 13.4. The molecule has 0 spiro atoms. The van der Waals surface area contributed by atoms with Crippen molar-refractivity contribution in [2.24, 2.45) is 0 Å². The number of thioether (sulfide) groups is 1. The summed E-state index contributed by atoms with van der Waals surface area (Å²) < 4.78 is 74.5. The van der Waals surface area contributed by atoms with Crippen molar-refractivity contribution in [3.63, 3.8) is 0 Å². The lowest BCUT2D eigenvalue weighted by molar-refractivity contribution is 0.360. The maximum Gasteiger partial charge on any atom is 0.519 e. The van der Waals surface area contributed by atoms with Crippen LogP contribution in [0.4, 0.5) is 22.0 Å². The van der Waals surface area contributed by atoms with Gasteiger partial charge in [0.1, 0.15) is 5.76 Å². The molecular formula is C11H5F5O3S. The Hall–Kier alpha value is -1.77. The van der Waals surface area contributed by atoms with Crippen LogP contribution < -0.4 is 5.82 Å². The highest BCUT2D eigenvalue weighted by Gasteiger charge is 2.26. The van der Waals surface area contributed by atoms with E-state index in [-0.39, 0.29) is 17.3 Å². The van der Waals surface area contributed by atoms with Gasteiger partial charge in [0.15, 0.2) is 29.0 Å². The van der Waals surface area contributed by atoms with Crippen LogP contribution in [0.15, 0.2) is 18.5 Å². The van der Waals surface area contributed by atoms with Gasteiger partial charge in [-0.15, -0.1) is 11.8 Å². The van der Waals surface area contributed by atoms with Gasteiger partial charge in [0.05, 0.1) is 10.6 Å². The van der Waals surface area contributed by atoms with E-state index in [0.29, 0.717) is 11.8 Å². The van der Waals surface area contributed by atoms with Gasteiger partial charge in [-0.2, -0.15) is 0 Å². The topological polar surface area (TPSA) is 43.4 Å². The van der Waals surface area contributed by atoms with E-state index in [9.17, 15) is 26.7 Å². The molecule has 1 aromatic carbocycles. The van der Waals surface area contributed by atoms with Crippen LogP contribution in [0, 0.1) is 36.0 Å². The van der Waals surface area contributed by atoms with Crippen molar-refractivity contribution in [3.05, 3.63) is 51.2 Å². The lowest BCUT2D eigenvalue weighted by Crippen LogP contribution is -2.03. The average molecular weight is 312 g/mol. The average Bonchev–Trinajstić information content (AvgIpc) is 2.72. The largest absolute Gasteiger partial charge is 0.519 e. The van der Waals surface area contributed by atoms with Crippen molar-refractivity contribution < 1.29 is 30.8 Å². The minimum atomic E-state index is -2.23. The summed E-state index contributed by atoms with van der Waals surface area (Å²) in [4.78, 5) is 9.70. The molecule has 1 aromatic heterocycles. The Morgan fingerprint density at radius 3 is 1.85 bits per heavy atom. The maximum atomic E-state index is 13.4. The summed E-state index contributed by atoms with van der Waals surface area (Å²) >= 11 is 0.302. The highest BCUT2D eigenvalue weighted by molar-refractivity contribution is 7.98. The zero-order chi connectivity index (χ0) is 15.0. The molecule has 0 aliphatic heterocycles. The fourth-order valence-electron chi connectivity index (χ4n) is 1.36. The molecule has 2 rings (SSSR count). The van der Waals surface area contributed by atoms with E-state index in [4.69, 9.17) is 0 Å². The summed E-state index contributed by atoms with van der Waals surface area (Å²) in [5.41, 5.74) is 0. The standard InChI is InChI=1S/C11H5F5O3S/c1-3-4(19-11(17)18-3)2-20-10-8(15)6(13)5(12)7(14)9(10)16/h2H2,1H3. The van der Waals surface area contributed by atoms with Crippen LogP contribution in [0.3, 0.4) is 0 Å². The minimum absolute atomic E-state index is 0.0519. The molecule has 0 bridgehead atoms. The van der Waals surface area contributed by atoms with Gasteiger partial charge in [-0.1, -0.05) is 0 Å². The normalized spacial score (nSPS) is 11.1. The first-order valence-corrected chi connectivity index (χ1v) is 6.05. The molecule has 0 saturated heterocycles. The molecule has 9 heteroatoms. The summed E-state index contributed by atoms with van der Waals surface area (Å²) in [6.45, 7) is 1.36. The Balaban J connectivity index is 2.35. The third-order valence-corrected chi connectivity index (χ3v) is 3.41. The highest BCUT2D eigenvalue weighted by Crippen LogP contribution is 2.33. The molecule has 0 radical (unpaired) electrons. The predicted molar refractivity (Wildman–Crippen MR) is 57.8 cm³/mol. The quantitative estimate of drug-likeness (QED) is 0.376. The van der Waals surface area contributed by atoms with Crippen LogP contribution in [-0.4, -0.2) is 0 Å². The molecule has 0 unspecified atom stereocenters. The lowest BCUT2D eigenvalue weighted by Gasteiger charge is -2.06. The van der Waals surface area contributed by atoms with E-state index in [0.717, 1.165) is 0 Å². The molecular weight excluding hydrogens is 307 g/mol. The van der Waals surface area contributed by atoms with Gasteiger partial charge in [0.25, 0.3) is 0 Å². The van der Waals surface area contributed by atoms with Gasteiger partial charge >= 0.3 is 5.82 Å². The van der Waals surface area contributed by atoms with Crippen LogP contribution in [0.1, 0.15) is 11.5 Å². The molecule has 3 nitrogen and oxygen atoms in total. The van der Waals surface area contributed by atoms with Crippen molar-refractivity contribution in [3.8, 4) is 0 Å². The summed E-state index contributed by atoms with van der Waals surface area (Å²) in [5.74, 6) is -11.5. The Bertz CT molecular complexity index is 693. The van der Waals surface area contributed by atoms with Gasteiger partial charge in [-0.25, -0.2) is 26.7 Å². The summed E-state index contributed by atoms with van der Waals surface area (Å²) in [6, 6.07) is 0. The van der Waals surface area contributed by atoms with Crippen LogP contribution >= 0.6 is 11.8 Å². The number of halogens is 5. The molecule has 0 atom stereocenters. The first kappa shape index (κ1) is 14.6. The van der Waals surface area contributed by atoms with Crippen molar-refractivity contribution in [1.29, 1.82) is 0 Å². The van der Waals surface area contributed by atoms with Gasteiger partial charge in [-0.3, -0.25) is 0 Å². The molecule has 0 fully saturated rings. The van der Waals surface area contributed by atoms with Gasteiger partial charge < -0.3 is 8.83 Å². The first-order valence-electron chi connectivity index (χ1n) is 5.06. The molecule has 20 heavy (non-hydrogen) atoms. The minimum Gasteiger partial charge on any atom is -0.396 e. The monoisotopic (exact) mass is 312 g/mol. The molecule has 0 N–H and O–H groups in total. The second-order valence-electron chi connectivity index (χ2n) is 3.62. The number of rotatable bonds is 3. The molecule has 0 saturated carbocycles. The SMILES string of the molecule is Cc1oc(=O)oc1CSc1c(F)c(F)c(F)c(F)c1F. The number of hydrogen-bond acceptors (Lipinski definition) is 4. The zero-order valence-electron chi connectivity index (χ0n) is 9.73. The van der Waals surface area contributed by atoms with E-state index >= 15 is 0 Å². The van der Waals surface area contributed by atoms with Crippen LogP contribution in [0.25, 0.3) is 0 Å². The van der Waals surface area contributed by atoms with Crippen LogP contribution in [-0.2, 0) is 5.75 Å². The summed E-state index contributed by atoms with van der Waals surface area (Å²) in [6.07, 6.45) is 0. The van der Waals surface area contributed by atoms with Crippen LogP contribution in [0.2, 0.25) is 0 Å². The second kappa shape index (κ2) is 5.31. The Morgan fingerprint density at radius 1 is 0.900 bits per heavy atom. The van der Waals surface area contributed by atoms with E-state index in [1.165, 1.54) is 6.92 Å². The molecule has 108 valence electrons. The Kier molecular flexibility index (Phi) is 3.89. The lowest BCUT2D eigenvalue weighted by atomic mass is 10.3. The fourth-order valence-corrected chi connectivity index (χ4v) is 2.33. The fraction of sp³-hybridized carbons (Fsp3) is 0.182. The van der Waals surface area contributed by atoms with E-state index in [2.05, 4.69) is 8.83 Å². The Morgan fingerprint density at radius 2 is 1.40 bits per heavy atom. The molecule has 0 amide bonds. The van der Waals surface area contributed by atoms with Crippen molar-refractivity contribution in [1.82, 2.24) is 0 Å². The molecule has 0 aliphatic carbocycles. The zero-order valence-corrected chi connectivity index (χ0v) is 10.5. The van der Waals surface area contributed by atoms with E-state index in [1.807, 2.05) is 0 Å². The highest BCUT2D eigenvalue weighted by atomic mass is 32.2. The van der Waals surface area contributed by atoms with Gasteiger partial charge in [0.2, 0.25) is 5.82 Å².